The molecule has 0 unspecified atom stereocenters. The van der Waals surface area contributed by atoms with Gasteiger partial charge in [-0.25, -0.2) is 0 Å². The van der Waals surface area contributed by atoms with Crippen molar-refractivity contribution < 1.29 is 28.7 Å². The van der Waals surface area contributed by atoms with Gasteiger partial charge in [-0.1, -0.05) is 69.3 Å². The van der Waals surface area contributed by atoms with Crippen LogP contribution in [0.4, 0.5) is 5.69 Å². The van der Waals surface area contributed by atoms with Gasteiger partial charge in [-0.15, -0.1) is 0 Å². The summed E-state index contributed by atoms with van der Waals surface area (Å²) in [6.07, 6.45) is 0. The Morgan fingerprint density at radius 2 is 1.27 bits per heavy atom. The minimum atomic E-state index is -1.29. The number of benzene rings is 3. The van der Waals surface area contributed by atoms with Gasteiger partial charge in [-0.2, -0.15) is 0 Å². The number of ether oxygens (including phenoxy) is 2. The van der Waals surface area contributed by atoms with Gasteiger partial charge in [-0.3, -0.25) is 24.1 Å². The molecule has 8 heteroatoms. The van der Waals surface area contributed by atoms with Crippen molar-refractivity contribution in [1.29, 1.82) is 0 Å². The summed E-state index contributed by atoms with van der Waals surface area (Å²) < 4.78 is 10.9. The third kappa shape index (κ3) is 5.22. The van der Waals surface area contributed by atoms with Crippen molar-refractivity contribution in [2.24, 2.45) is 10.8 Å². The monoisotopic (exact) mass is 556 g/mol. The fourth-order valence-corrected chi connectivity index (χ4v) is 5.55. The molecule has 4 rings (SSSR count). The zero-order valence-electron chi connectivity index (χ0n) is 24.5. The Morgan fingerprint density at radius 3 is 1.78 bits per heavy atom. The van der Waals surface area contributed by atoms with Crippen LogP contribution in [0.2, 0.25) is 0 Å². The summed E-state index contributed by atoms with van der Waals surface area (Å²) in [5.41, 5.74) is -0.616. The molecule has 0 saturated carbocycles. The molecule has 0 N–H and O–H groups in total. The van der Waals surface area contributed by atoms with Crippen molar-refractivity contribution in [1.82, 2.24) is 4.90 Å². The van der Waals surface area contributed by atoms with Crippen molar-refractivity contribution in [2.75, 3.05) is 19.1 Å². The number of carbonyl (C=O) groups is 4. The molecule has 3 aromatic carbocycles. The molecule has 1 aliphatic heterocycles. The van der Waals surface area contributed by atoms with Crippen LogP contribution in [-0.4, -0.2) is 48.9 Å². The first-order valence-electron chi connectivity index (χ1n) is 13.4. The molecular formula is C33H36N2O6. The third-order valence-electron chi connectivity index (χ3n) is 7.50. The zero-order valence-corrected chi connectivity index (χ0v) is 24.5. The number of anilines is 1. The maximum atomic E-state index is 15.1. The van der Waals surface area contributed by atoms with E-state index < -0.39 is 46.6 Å². The second-order valence-corrected chi connectivity index (χ2v) is 11.7. The van der Waals surface area contributed by atoms with Crippen LogP contribution in [0, 0.1) is 10.8 Å². The van der Waals surface area contributed by atoms with Crippen LogP contribution in [0.1, 0.15) is 66.9 Å². The number of hydrogen-bond acceptors (Lipinski definition) is 6. The van der Waals surface area contributed by atoms with E-state index in [1.54, 1.807) is 86.6 Å². The molecule has 0 aromatic heterocycles. The molecule has 41 heavy (non-hydrogen) atoms. The molecule has 0 saturated heterocycles. The Morgan fingerprint density at radius 1 is 0.756 bits per heavy atom. The van der Waals surface area contributed by atoms with Crippen molar-refractivity contribution >= 4 is 29.4 Å². The van der Waals surface area contributed by atoms with Crippen LogP contribution in [0.25, 0.3) is 0 Å². The van der Waals surface area contributed by atoms with E-state index in [0.717, 1.165) is 4.90 Å². The lowest BCUT2D eigenvalue weighted by atomic mass is 9.77. The van der Waals surface area contributed by atoms with Gasteiger partial charge >= 0.3 is 5.97 Å². The molecular weight excluding hydrogens is 520 g/mol. The van der Waals surface area contributed by atoms with E-state index in [-0.39, 0.29) is 11.1 Å². The first-order valence-corrected chi connectivity index (χ1v) is 13.4. The first kappa shape index (κ1) is 29.5. The number of amides is 3. The highest BCUT2D eigenvalue weighted by Crippen LogP contribution is 2.46. The Balaban J connectivity index is 1.99. The predicted molar refractivity (Wildman–Crippen MR) is 156 cm³/mol. The maximum Gasteiger partial charge on any atom is 0.313 e. The van der Waals surface area contributed by atoms with Gasteiger partial charge in [0.2, 0.25) is 0 Å². The van der Waals surface area contributed by atoms with Crippen LogP contribution >= 0.6 is 0 Å². The van der Waals surface area contributed by atoms with E-state index >= 15 is 4.79 Å². The largest absolute Gasteiger partial charge is 0.496 e. The lowest BCUT2D eigenvalue weighted by Crippen LogP contribution is -2.59. The number of nitrogens with zero attached hydrogens (tertiary/aromatic N) is 2. The van der Waals surface area contributed by atoms with Crippen molar-refractivity contribution in [3.05, 3.63) is 95.6 Å². The lowest BCUT2D eigenvalue weighted by molar-refractivity contribution is -0.152. The van der Waals surface area contributed by atoms with Crippen LogP contribution < -0.4 is 9.64 Å². The van der Waals surface area contributed by atoms with Gasteiger partial charge in [0.1, 0.15) is 11.8 Å². The van der Waals surface area contributed by atoms with Crippen LogP contribution in [0.3, 0.4) is 0 Å². The number of methoxy groups -OCH3 is 2. The highest BCUT2D eigenvalue weighted by molar-refractivity contribution is 6.23. The van der Waals surface area contributed by atoms with Gasteiger partial charge in [0, 0.05) is 11.3 Å². The summed E-state index contributed by atoms with van der Waals surface area (Å²) >= 11 is 0. The molecule has 1 heterocycles. The van der Waals surface area contributed by atoms with Gasteiger partial charge in [0.15, 0.2) is 0 Å². The summed E-state index contributed by atoms with van der Waals surface area (Å²) in [6.45, 7) is 8.84. The Labute approximate surface area is 240 Å². The van der Waals surface area contributed by atoms with Gasteiger partial charge < -0.3 is 14.4 Å². The van der Waals surface area contributed by atoms with E-state index in [9.17, 15) is 14.4 Å². The quantitative estimate of drug-likeness (QED) is 0.262. The molecule has 0 bridgehead atoms. The van der Waals surface area contributed by atoms with Crippen molar-refractivity contribution in [3.8, 4) is 5.75 Å². The molecule has 0 aliphatic carbocycles. The minimum absolute atomic E-state index is 0.252. The van der Waals surface area contributed by atoms with Crippen LogP contribution in [-0.2, 0) is 14.3 Å². The normalized spacial score (nSPS) is 14.8. The number of imide groups is 1. The molecule has 3 amide bonds. The highest BCUT2D eigenvalue weighted by atomic mass is 16.5. The number of para-hydroxylation sites is 2. The van der Waals surface area contributed by atoms with E-state index in [0.29, 0.717) is 17.0 Å². The standard InChI is InChI=1S/C33H36N2O6/c1-32(2,3)27(35-28(36)22-17-11-12-18-23(22)29(35)37)30(38)34(21-15-9-8-10-16-21)26(33(4,5)31(39)41-7)24-19-13-14-20-25(24)40-6/h8-20,26-27H,1-7H3/t26-,27+/m0/s1. The smallest absolute Gasteiger partial charge is 0.313 e. The van der Waals surface area contributed by atoms with Gasteiger partial charge in [0.25, 0.3) is 17.7 Å². The topological polar surface area (TPSA) is 93.2 Å². The summed E-state index contributed by atoms with van der Waals surface area (Å²) in [4.78, 5) is 58.4. The molecule has 214 valence electrons. The number of esters is 1. The fourth-order valence-electron chi connectivity index (χ4n) is 5.55. The van der Waals surface area contributed by atoms with Gasteiger partial charge in [-0.05, 0) is 49.6 Å². The SMILES string of the molecule is COC(=O)C(C)(C)[C@H](c1ccccc1OC)N(C(=O)[C@@H](N1C(=O)c2ccccc2C1=O)C(C)(C)C)c1ccccc1. The number of hydrogen-bond donors (Lipinski definition) is 0. The summed E-state index contributed by atoms with van der Waals surface area (Å²) in [7, 11) is 2.82. The Bertz CT molecular complexity index is 1440. The Hall–Kier alpha value is -4.46. The average Bonchev–Trinajstić information content (AvgIpc) is 3.20. The molecule has 0 spiro atoms. The minimum Gasteiger partial charge on any atom is -0.496 e. The van der Waals surface area contributed by atoms with Crippen molar-refractivity contribution in [3.63, 3.8) is 0 Å². The predicted octanol–water partition coefficient (Wildman–Crippen LogP) is 5.68. The van der Waals surface area contributed by atoms with Crippen molar-refractivity contribution in [2.45, 2.75) is 46.7 Å². The molecule has 1 aliphatic rings. The number of fused-ring (bicyclic) bond motifs is 1. The number of carbonyl (C=O) groups excluding carboxylic acids is 4. The van der Waals surface area contributed by atoms with E-state index in [1.807, 2.05) is 26.8 Å². The summed E-state index contributed by atoms with van der Waals surface area (Å²) in [5.74, 6) is -1.67. The first-order chi connectivity index (χ1) is 19.4. The summed E-state index contributed by atoms with van der Waals surface area (Å²) in [5, 5.41) is 0. The second-order valence-electron chi connectivity index (χ2n) is 11.7. The van der Waals surface area contributed by atoms with Crippen LogP contribution in [0.15, 0.2) is 78.9 Å². The Kier molecular flexibility index (Phi) is 8.06. The van der Waals surface area contributed by atoms with Crippen LogP contribution in [0.5, 0.6) is 5.75 Å². The molecule has 0 radical (unpaired) electrons. The average molecular weight is 557 g/mol. The second kappa shape index (κ2) is 11.2. The molecule has 2 atom stereocenters. The highest BCUT2D eigenvalue weighted by Gasteiger charge is 2.53. The zero-order chi connectivity index (χ0) is 30.1. The fraction of sp³-hybridized carbons (Fsp3) is 0.333. The third-order valence-corrected chi connectivity index (χ3v) is 7.50. The summed E-state index contributed by atoms with van der Waals surface area (Å²) in [6, 6.07) is 20.5. The lowest BCUT2D eigenvalue weighted by Gasteiger charge is -2.45. The molecule has 3 aromatic rings. The maximum absolute atomic E-state index is 15.1. The van der Waals surface area contributed by atoms with E-state index in [1.165, 1.54) is 19.1 Å². The van der Waals surface area contributed by atoms with E-state index in [2.05, 4.69) is 0 Å². The molecule has 0 fully saturated rings. The van der Waals surface area contributed by atoms with E-state index in [4.69, 9.17) is 9.47 Å². The number of rotatable bonds is 8. The molecule has 8 nitrogen and oxygen atoms in total. The van der Waals surface area contributed by atoms with Gasteiger partial charge in [0.05, 0.1) is 36.8 Å².